The molecule has 1 atom stereocenters. The van der Waals surface area contributed by atoms with Crippen LogP contribution in [-0.4, -0.2) is 24.3 Å². The summed E-state index contributed by atoms with van der Waals surface area (Å²) in [6.07, 6.45) is 1.68. The van der Waals surface area contributed by atoms with E-state index in [-0.39, 0.29) is 17.7 Å². The molecule has 0 bridgehead atoms. The molecule has 0 spiro atoms. The molecule has 9 heteroatoms. The number of esters is 1. The third-order valence-electron chi connectivity index (χ3n) is 5.18. The van der Waals surface area contributed by atoms with Gasteiger partial charge < -0.3 is 9.47 Å². The Balaban J connectivity index is 1.97. The van der Waals surface area contributed by atoms with Crippen LogP contribution >= 0.6 is 22.9 Å². The second-order valence-electron chi connectivity index (χ2n) is 7.24. The molecule has 0 amide bonds. The molecule has 1 aliphatic heterocycles. The van der Waals surface area contributed by atoms with Crippen LogP contribution in [0.15, 0.2) is 63.5 Å². The fraction of sp³-hybridized carbons (Fsp3) is 0.208. The molecule has 0 N–H and O–H groups in total. The van der Waals surface area contributed by atoms with Gasteiger partial charge in [0.15, 0.2) is 4.80 Å². The highest BCUT2D eigenvalue weighted by atomic mass is 35.5. The second kappa shape index (κ2) is 9.33. The van der Waals surface area contributed by atoms with Crippen molar-refractivity contribution in [1.29, 1.82) is 0 Å². The Kier molecular flexibility index (Phi) is 6.49. The second-order valence-corrected chi connectivity index (χ2v) is 8.69. The summed E-state index contributed by atoms with van der Waals surface area (Å²) < 4.78 is 26.1. The van der Waals surface area contributed by atoms with Crippen molar-refractivity contribution in [2.24, 2.45) is 4.99 Å². The van der Waals surface area contributed by atoms with E-state index < -0.39 is 17.8 Å². The SMILES string of the molecule is CCOC(=O)C1=C(C)N=c2s/c(=C\c3cc(Cl)ccc3OC)c(=O)n2C1c1ccc(F)cc1. The van der Waals surface area contributed by atoms with Gasteiger partial charge in [0.2, 0.25) is 0 Å². The van der Waals surface area contributed by atoms with Crippen molar-refractivity contribution in [1.82, 2.24) is 4.57 Å². The quantitative estimate of drug-likeness (QED) is 0.517. The lowest BCUT2D eigenvalue weighted by molar-refractivity contribution is -0.139. The number of benzene rings is 2. The lowest BCUT2D eigenvalue weighted by atomic mass is 9.96. The number of nitrogens with zero attached hydrogens (tertiary/aromatic N) is 2. The smallest absolute Gasteiger partial charge is 0.338 e. The molecule has 1 aliphatic rings. The molecular formula is C24H20ClFN2O4S. The number of hydrogen-bond donors (Lipinski definition) is 0. The molecule has 0 aliphatic carbocycles. The van der Waals surface area contributed by atoms with Crippen molar-refractivity contribution in [3.05, 3.63) is 95.4 Å². The highest BCUT2D eigenvalue weighted by Crippen LogP contribution is 2.31. The van der Waals surface area contributed by atoms with E-state index in [1.165, 1.54) is 35.1 Å². The van der Waals surface area contributed by atoms with Crippen molar-refractivity contribution >= 4 is 35.0 Å². The van der Waals surface area contributed by atoms with Gasteiger partial charge in [-0.05, 0) is 55.8 Å². The summed E-state index contributed by atoms with van der Waals surface area (Å²) in [5.74, 6) is -0.430. The third kappa shape index (κ3) is 4.36. The summed E-state index contributed by atoms with van der Waals surface area (Å²) >= 11 is 7.32. The molecule has 170 valence electrons. The van der Waals surface area contributed by atoms with Crippen LogP contribution in [0, 0.1) is 5.82 Å². The average Bonchev–Trinajstić information content (AvgIpc) is 3.08. The summed E-state index contributed by atoms with van der Waals surface area (Å²) in [5, 5.41) is 0.499. The van der Waals surface area contributed by atoms with Crippen LogP contribution in [0.25, 0.3) is 6.08 Å². The summed E-state index contributed by atoms with van der Waals surface area (Å²) in [5.41, 5.74) is 1.54. The Bertz CT molecular complexity index is 1440. The largest absolute Gasteiger partial charge is 0.496 e. The van der Waals surface area contributed by atoms with Gasteiger partial charge in [-0.15, -0.1) is 0 Å². The Morgan fingerprint density at radius 3 is 2.67 bits per heavy atom. The summed E-state index contributed by atoms with van der Waals surface area (Å²) in [7, 11) is 1.53. The van der Waals surface area contributed by atoms with Crippen LogP contribution in [0.4, 0.5) is 4.39 Å². The Labute approximate surface area is 197 Å². The highest BCUT2D eigenvalue weighted by molar-refractivity contribution is 7.07. The number of aromatic nitrogens is 1. The van der Waals surface area contributed by atoms with E-state index in [4.69, 9.17) is 21.1 Å². The number of halogens is 2. The summed E-state index contributed by atoms with van der Waals surface area (Å²) in [6, 6.07) is 10.00. The van der Waals surface area contributed by atoms with Crippen molar-refractivity contribution < 1.29 is 18.7 Å². The molecule has 2 heterocycles. The van der Waals surface area contributed by atoms with Crippen LogP contribution < -0.4 is 19.6 Å². The molecule has 1 unspecified atom stereocenters. The number of carbonyl (C=O) groups excluding carboxylic acids is 1. The van der Waals surface area contributed by atoms with E-state index in [9.17, 15) is 14.0 Å². The lowest BCUT2D eigenvalue weighted by Gasteiger charge is -2.24. The minimum absolute atomic E-state index is 0.171. The van der Waals surface area contributed by atoms with Crippen LogP contribution in [0.5, 0.6) is 5.75 Å². The maximum absolute atomic E-state index is 13.6. The van der Waals surface area contributed by atoms with E-state index in [0.29, 0.717) is 36.9 Å². The topological polar surface area (TPSA) is 69.9 Å². The highest BCUT2D eigenvalue weighted by Gasteiger charge is 2.33. The van der Waals surface area contributed by atoms with Crippen molar-refractivity contribution in [2.45, 2.75) is 19.9 Å². The van der Waals surface area contributed by atoms with Crippen LogP contribution in [-0.2, 0) is 9.53 Å². The van der Waals surface area contributed by atoms with E-state index in [2.05, 4.69) is 4.99 Å². The first-order chi connectivity index (χ1) is 15.8. The molecule has 2 aromatic carbocycles. The number of thiazole rings is 1. The predicted octanol–water partition coefficient (Wildman–Crippen LogP) is 3.60. The number of ether oxygens (including phenoxy) is 2. The van der Waals surface area contributed by atoms with Crippen molar-refractivity contribution in [3.8, 4) is 5.75 Å². The minimum atomic E-state index is -0.802. The standard InChI is InChI=1S/C24H20ClFN2O4S/c1-4-32-23(30)20-13(2)27-24-28(21(20)14-5-8-17(26)9-6-14)22(29)19(33-24)12-15-11-16(25)7-10-18(15)31-3/h5-12,21H,4H2,1-3H3/b19-12-. The van der Waals surface area contributed by atoms with Gasteiger partial charge in [0.05, 0.1) is 35.6 Å². The van der Waals surface area contributed by atoms with Gasteiger partial charge in [-0.1, -0.05) is 35.1 Å². The van der Waals surface area contributed by atoms with E-state index in [1.54, 1.807) is 50.3 Å². The maximum Gasteiger partial charge on any atom is 0.338 e. The molecule has 1 aromatic heterocycles. The van der Waals surface area contributed by atoms with Crippen LogP contribution in [0.3, 0.4) is 0 Å². The Hall–Kier alpha value is -3.23. The first kappa shape index (κ1) is 22.9. The Morgan fingerprint density at radius 2 is 2.00 bits per heavy atom. The lowest BCUT2D eigenvalue weighted by Crippen LogP contribution is -2.39. The van der Waals surface area contributed by atoms with Gasteiger partial charge >= 0.3 is 5.97 Å². The Morgan fingerprint density at radius 1 is 1.27 bits per heavy atom. The molecule has 3 aromatic rings. The predicted molar refractivity (Wildman–Crippen MR) is 125 cm³/mol. The number of rotatable bonds is 5. The molecule has 0 fully saturated rings. The zero-order valence-electron chi connectivity index (χ0n) is 18.1. The van der Waals surface area contributed by atoms with Crippen molar-refractivity contribution in [3.63, 3.8) is 0 Å². The molecule has 0 saturated heterocycles. The van der Waals surface area contributed by atoms with Crippen molar-refractivity contribution in [2.75, 3.05) is 13.7 Å². The monoisotopic (exact) mass is 486 g/mol. The number of methoxy groups -OCH3 is 1. The number of allylic oxidation sites excluding steroid dienone is 1. The zero-order valence-corrected chi connectivity index (χ0v) is 19.7. The van der Waals surface area contributed by atoms with Gasteiger partial charge in [-0.2, -0.15) is 0 Å². The first-order valence-electron chi connectivity index (χ1n) is 10.1. The summed E-state index contributed by atoms with van der Waals surface area (Å²) in [6.45, 7) is 3.57. The number of hydrogen-bond acceptors (Lipinski definition) is 6. The molecule has 0 saturated carbocycles. The fourth-order valence-corrected chi connectivity index (χ4v) is 4.93. The first-order valence-corrected chi connectivity index (χ1v) is 11.3. The number of carbonyl (C=O) groups is 1. The van der Waals surface area contributed by atoms with Gasteiger partial charge in [0.25, 0.3) is 5.56 Å². The van der Waals surface area contributed by atoms with Crippen LogP contribution in [0.2, 0.25) is 5.02 Å². The molecular weight excluding hydrogens is 467 g/mol. The minimum Gasteiger partial charge on any atom is -0.496 e. The van der Waals surface area contributed by atoms with E-state index >= 15 is 0 Å². The van der Waals surface area contributed by atoms with E-state index in [0.717, 1.165) is 0 Å². The molecule has 0 radical (unpaired) electrons. The zero-order chi connectivity index (χ0) is 23.7. The van der Waals surface area contributed by atoms with E-state index in [1.807, 2.05) is 0 Å². The molecule has 33 heavy (non-hydrogen) atoms. The normalized spacial score (nSPS) is 15.8. The molecule has 4 rings (SSSR count). The maximum atomic E-state index is 13.6. The third-order valence-corrected chi connectivity index (χ3v) is 6.40. The fourth-order valence-electron chi connectivity index (χ4n) is 3.71. The van der Waals surface area contributed by atoms with Gasteiger partial charge in [-0.3, -0.25) is 9.36 Å². The van der Waals surface area contributed by atoms with Crippen LogP contribution in [0.1, 0.15) is 31.0 Å². The van der Waals surface area contributed by atoms with Gasteiger partial charge in [0, 0.05) is 10.6 Å². The average molecular weight is 487 g/mol. The van der Waals surface area contributed by atoms with Gasteiger partial charge in [-0.25, -0.2) is 14.2 Å². The molecule has 6 nitrogen and oxygen atoms in total. The summed E-state index contributed by atoms with van der Waals surface area (Å²) in [4.78, 5) is 31.3. The number of fused-ring (bicyclic) bond motifs is 1. The van der Waals surface area contributed by atoms with Gasteiger partial charge in [0.1, 0.15) is 11.6 Å².